The van der Waals surface area contributed by atoms with Crippen molar-refractivity contribution in [1.82, 2.24) is 14.9 Å². The summed E-state index contributed by atoms with van der Waals surface area (Å²) in [5.74, 6) is -0.954. The Hall–Kier alpha value is -2.82. The van der Waals surface area contributed by atoms with Crippen molar-refractivity contribution in [1.29, 1.82) is 0 Å². The first kappa shape index (κ1) is 22.9. The van der Waals surface area contributed by atoms with E-state index in [-0.39, 0.29) is 16.8 Å². The van der Waals surface area contributed by atoms with Crippen LogP contribution in [0.15, 0.2) is 42.7 Å². The van der Waals surface area contributed by atoms with Crippen LogP contribution in [-0.4, -0.2) is 67.7 Å². The van der Waals surface area contributed by atoms with Crippen molar-refractivity contribution in [2.24, 2.45) is 0 Å². The van der Waals surface area contributed by atoms with Gasteiger partial charge in [0.25, 0.3) is 5.91 Å². The van der Waals surface area contributed by atoms with Crippen LogP contribution in [0.25, 0.3) is 0 Å². The van der Waals surface area contributed by atoms with E-state index in [1.807, 2.05) is 47.9 Å². The molecule has 31 heavy (non-hydrogen) atoms. The number of carboxylic acid groups (broad SMARTS) is 1. The molecule has 4 heterocycles. The number of aliphatic carboxylic acids is 1. The Morgan fingerprint density at radius 2 is 1.97 bits per heavy atom. The highest BCUT2D eigenvalue weighted by Gasteiger charge is 2.51. The quantitative estimate of drug-likeness (QED) is 0.760. The largest absolute Gasteiger partial charge is 0.490 e. The number of likely N-dealkylation sites (tertiary alicyclic amines) is 1. The third-order valence-electron chi connectivity index (χ3n) is 4.71. The third-order valence-corrected chi connectivity index (χ3v) is 6.28. The van der Waals surface area contributed by atoms with Crippen molar-refractivity contribution in [3.63, 3.8) is 0 Å². The van der Waals surface area contributed by atoms with Gasteiger partial charge in [0.05, 0.1) is 10.9 Å². The molecule has 11 heteroatoms. The van der Waals surface area contributed by atoms with Gasteiger partial charge in [-0.25, -0.2) is 9.78 Å². The molecule has 1 amide bonds. The van der Waals surface area contributed by atoms with E-state index in [1.54, 1.807) is 18.5 Å². The second kappa shape index (κ2) is 9.13. The predicted molar refractivity (Wildman–Crippen MR) is 107 cm³/mol. The summed E-state index contributed by atoms with van der Waals surface area (Å²) in [5, 5.41) is 7.12. The van der Waals surface area contributed by atoms with Crippen LogP contribution in [0.5, 0.6) is 5.75 Å². The lowest BCUT2D eigenvalue weighted by Crippen LogP contribution is -2.61. The molecule has 0 bridgehead atoms. The van der Waals surface area contributed by atoms with Crippen molar-refractivity contribution in [3.8, 4) is 5.75 Å². The SMILES string of the molecule is Cc1cccc(C(=O)N2CC3(CC(Oc4cccnc4)CS3)C2)n1.O=C(O)C(F)(F)F. The van der Waals surface area contributed by atoms with E-state index in [4.69, 9.17) is 14.6 Å². The number of aryl methyl sites for hydroxylation is 1. The highest BCUT2D eigenvalue weighted by Crippen LogP contribution is 2.46. The lowest BCUT2D eigenvalue weighted by Gasteiger charge is -2.47. The van der Waals surface area contributed by atoms with Gasteiger partial charge in [0.1, 0.15) is 17.5 Å². The Labute approximate surface area is 180 Å². The van der Waals surface area contributed by atoms with Gasteiger partial charge in [0.2, 0.25) is 0 Å². The molecule has 0 aromatic carbocycles. The number of rotatable bonds is 3. The van der Waals surface area contributed by atoms with Crippen LogP contribution in [0.4, 0.5) is 13.2 Å². The zero-order valence-corrected chi connectivity index (χ0v) is 17.3. The fourth-order valence-electron chi connectivity index (χ4n) is 3.32. The summed E-state index contributed by atoms with van der Waals surface area (Å²) >= 11 is 1.92. The summed E-state index contributed by atoms with van der Waals surface area (Å²) in [7, 11) is 0. The maximum absolute atomic E-state index is 12.5. The van der Waals surface area contributed by atoms with Crippen molar-refractivity contribution in [2.45, 2.75) is 30.4 Å². The van der Waals surface area contributed by atoms with Gasteiger partial charge in [0, 0.05) is 37.2 Å². The van der Waals surface area contributed by atoms with Gasteiger partial charge >= 0.3 is 12.1 Å². The molecule has 4 rings (SSSR count). The Morgan fingerprint density at radius 1 is 1.26 bits per heavy atom. The number of nitrogens with zero attached hydrogens (tertiary/aromatic N) is 3. The second-order valence-corrected chi connectivity index (χ2v) is 8.74. The van der Waals surface area contributed by atoms with E-state index < -0.39 is 12.1 Å². The number of carbonyl (C=O) groups is 2. The monoisotopic (exact) mass is 455 g/mol. The Morgan fingerprint density at radius 3 is 2.55 bits per heavy atom. The first-order valence-electron chi connectivity index (χ1n) is 9.32. The molecule has 1 N–H and O–H groups in total. The average Bonchev–Trinajstić information content (AvgIpc) is 3.11. The number of alkyl halides is 3. The van der Waals surface area contributed by atoms with Crippen LogP contribution in [0, 0.1) is 6.92 Å². The van der Waals surface area contributed by atoms with Crippen LogP contribution < -0.4 is 4.74 Å². The Bertz CT molecular complexity index is 937. The van der Waals surface area contributed by atoms with Gasteiger partial charge in [0.15, 0.2) is 0 Å². The number of ether oxygens (including phenoxy) is 1. The van der Waals surface area contributed by atoms with E-state index >= 15 is 0 Å². The minimum Gasteiger partial charge on any atom is -0.488 e. The molecule has 2 saturated heterocycles. The van der Waals surface area contributed by atoms with Gasteiger partial charge in [-0.1, -0.05) is 6.07 Å². The summed E-state index contributed by atoms with van der Waals surface area (Å²) in [5.41, 5.74) is 1.41. The van der Waals surface area contributed by atoms with Gasteiger partial charge in [-0.3, -0.25) is 9.78 Å². The van der Waals surface area contributed by atoms with Crippen LogP contribution in [0.3, 0.4) is 0 Å². The standard InChI is InChI=1S/C18H19N3O2S.C2HF3O2/c1-13-4-2-6-16(20-13)17(22)21-11-18(12-21)8-15(10-24-18)23-14-5-3-7-19-9-14;3-2(4,5)1(6)7/h2-7,9,15H,8,10-12H2,1H3;(H,6,7). The zero-order valence-electron chi connectivity index (χ0n) is 16.5. The molecule has 2 aliphatic heterocycles. The first-order valence-corrected chi connectivity index (χ1v) is 10.3. The molecule has 2 fully saturated rings. The fourth-order valence-corrected chi connectivity index (χ4v) is 4.85. The third kappa shape index (κ3) is 5.87. The molecular formula is C20H20F3N3O4S. The van der Waals surface area contributed by atoms with Crippen molar-refractivity contribution in [2.75, 3.05) is 18.8 Å². The molecule has 2 aromatic rings. The molecule has 1 atom stereocenters. The van der Waals surface area contributed by atoms with Gasteiger partial charge in [-0.2, -0.15) is 13.2 Å². The number of pyridine rings is 2. The van der Waals surface area contributed by atoms with E-state index in [0.29, 0.717) is 5.69 Å². The molecule has 0 aliphatic carbocycles. The predicted octanol–water partition coefficient (Wildman–Crippen LogP) is 3.20. The molecule has 2 aromatic heterocycles. The summed E-state index contributed by atoms with van der Waals surface area (Å²) in [6.07, 6.45) is -0.437. The number of carboxylic acids is 1. The van der Waals surface area contributed by atoms with E-state index in [1.165, 1.54) is 0 Å². The molecule has 7 nitrogen and oxygen atoms in total. The number of aromatic nitrogens is 2. The summed E-state index contributed by atoms with van der Waals surface area (Å²) in [6.45, 7) is 3.46. The molecule has 166 valence electrons. The lowest BCUT2D eigenvalue weighted by molar-refractivity contribution is -0.192. The van der Waals surface area contributed by atoms with E-state index in [0.717, 1.165) is 36.7 Å². The molecule has 1 unspecified atom stereocenters. The molecule has 0 saturated carbocycles. The topological polar surface area (TPSA) is 92.6 Å². The molecule has 1 spiro atoms. The van der Waals surface area contributed by atoms with Gasteiger partial charge in [-0.05, 0) is 31.2 Å². The fraction of sp³-hybridized carbons (Fsp3) is 0.400. The average molecular weight is 455 g/mol. The van der Waals surface area contributed by atoms with Crippen molar-refractivity contribution in [3.05, 3.63) is 54.1 Å². The van der Waals surface area contributed by atoms with Gasteiger partial charge in [-0.15, -0.1) is 11.8 Å². The highest BCUT2D eigenvalue weighted by molar-refractivity contribution is 8.01. The summed E-state index contributed by atoms with van der Waals surface area (Å²) < 4.78 is 37.9. The zero-order chi connectivity index (χ0) is 22.6. The lowest BCUT2D eigenvalue weighted by atomic mass is 9.92. The Balaban J connectivity index is 0.000000339. The normalized spacial score (nSPS) is 19.2. The molecule has 0 radical (unpaired) electrons. The number of amides is 1. The summed E-state index contributed by atoms with van der Waals surface area (Å²) in [6, 6.07) is 9.39. The molecule has 2 aliphatic rings. The number of carbonyl (C=O) groups excluding carboxylic acids is 1. The van der Waals surface area contributed by atoms with E-state index in [9.17, 15) is 18.0 Å². The first-order chi connectivity index (χ1) is 14.6. The number of thioether (sulfide) groups is 1. The van der Waals surface area contributed by atoms with Crippen LogP contribution >= 0.6 is 11.8 Å². The maximum atomic E-state index is 12.5. The number of hydrogen-bond donors (Lipinski definition) is 1. The van der Waals surface area contributed by atoms with Crippen LogP contribution in [-0.2, 0) is 4.79 Å². The molecular weight excluding hydrogens is 435 g/mol. The van der Waals surface area contributed by atoms with Crippen LogP contribution in [0.1, 0.15) is 22.6 Å². The van der Waals surface area contributed by atoms with Crippen LogP contribution in [0.2, 0.25) is 0 Å². The minimum absolute atomic E-state index is 0.0292. The summed E-state index contributed by atoms with van der Waals surface area (Å²) in [4.78, 5) is 31.7. The van der Waals surface area contributed by atoms with Gasteiger partial charge < -0.3 is 14.7 Å². The van der Waals surface area contributed by atoms with Crippen molar-refractivity contribution < 1.29 is 32.6 Å². The second-order valence-electron chi connectivity index (χ2n) is 7.26. The minimum atomic E-state index is -5.08. The number of hydrogen-bond acceptors (Lipinski definition) is 6. The highest BCUT2D eigenvalue weighted by atomic mass is 32.2. The maximum Gasteiger partial charge on any atom is 0.490 e. The van der Waals surface area contributed by atoms with E-state index in [2.05, 4.69) is 9.97 Å². The Kier molecular flexibility index (Phi) is 6.73. The number of halogens is 3. The smallest absolute Gasteiger partial charge is 0.488 e. The van der Waals surface area contributed by atoms with Crippen molar-refractivity contribution >= 4 is 23.6 Å².